The van der Waals surface area contributed by atoms with E-state index >= 15 is 0 Å². The van der Waals surface area contributed by atoms with Crippen LogP contribution in [0.25, 0.3) is 0 Å². The Morgan fingerprint density at radius 2 is 2.00 bits per heavy atom. The number of rotatable bonds is 3. The smallest absolute Gasteiger partial charge is 0.422 e. The fourth-order valence-corrected chi connectivity index (χ4v) is 1.03. The Bertz CT molecular complexity index is 301. The van der Waals surface area contributed by atoms with Gasteiger partial charge in [-0.15, -0.1) is 0 Å². The summed E-state index contributed by atoms with van der Waals surface area (Å²) in [6, 6.07) is 7.56. The minimum Gasteiger partial charge on any atom is -0.483 e. The average Bonchev–Trinajstić information content (AvgIpc) is 2.14. The quantitative estimate of drug-likeness (QED) is 0.752. The minimum absolute atomic E-state index is 0.122. The molecule has 0 amide bonds. The van der Waals surface area contributed by atoms with Crippen molar-refractivity contribution in [3.8, 4) is 5.75 Å². The second-order valence-corrected chi connectivity index (χ2v) is 3.54. The maximum absolute atomic E-state index is 11.8. The maximum Gasteiger partial charge on any atom is 0.422 e. The Kier molecular flexibility index (Phi) is 3.61. The summed E-state index contributed by atoms with van der Waals surface area (Å²) in [4.78, 5) is 0. The predicted octanol–water partition coefficient (Wildman–Crippen LogP) is 3.55. The number of hydrogen-bond donors (Lipinski definition) is 0. The summed E-state index contributed by atoms with van der Waals surface area (Å²) in [7, 11) is 0. The van der Waals surface area contributed by atoms with Crippen molar-refractivity contribution in [1.82, 2.24) is 0 Å². The normalized spacial score (nSPS) is 11.9. The molecular formula is C11H12F3O. The van der Waals surface area contributed by atoms with E-state index in [1.54, 1.807) is 12.1 Å². The van der Waals surface area contributed by atoms with E-state index in [1.165, 1.54) is 6.07 Å². The van der Waals surface area contributed by atoms with Crippen LogP contribution in [0.4, 0.5) is 13.2 Å². The van der Waals surface area contributed by atoms with Crippen LogP contribution in [0.3, 0.4) is 0 Å². The Morgan fingerprint density at radius 1 is 1.33 bits per heavy atom. The van der Waals surface area contributed by atoms with E-state index in [0.717, 1.165) is 5.56 Å². The summed E-state index contributed by atoms with van der Waals surface area (Å²) in [6.45, 7) is 2.73. The van der Waals surface area contributed by atoms with Crippen LogP contribution < -0.4 is 4.74 Å². The summed E-state index contributed by atoms with van der Waals surface area (Å²) in [5, 5.41) is 0. The Morgan fingerprint density at radius 3 is 2.40 bits per heavy atom. The van der Waals surface area contributed by atoms with E-state index in [-0.39, 0.29) is 5.75 Å². The van der Waals surface area contributed by atoms with E-state index in [4.69, 9.17) is 0 Å². The van der Waals surface area contributed by atoms with Gasteiger partial charge in [0.1, 0.15) is 5.75 Å². The second-order valence-electron chi connectivity index (χ2n) is 3.54. The van der Waals surface area contributed by atoms with E-state index < -0.39 is 12.8 Å². The van der Waals surface area contributed by atoms with Gasteiger partial charge in [0.2, 0.25) is 0 Å². The first-order valence-corrected chi connectivity index (χ1v) is 4.59. The molecule has 0 atom stereocenters. The Labute approximate surface area is 86.9 Å². The van der Waals surface area contributed by atoms with Crippen LogP contribution in [0.1, 0.15) is 25.3 Å². The molecule has 1 aromatic carbocycles. The van der Waals surface area contributed by atoms with Gasteiger partial charge in [0.05, 0.1) is 0 Å². The van der Waals surface area contributed by atoms with Gasteiger partial charge < -0.3 is 4.74 Å². The highest BCUT2D eigenvalue weighted by atomic mass is 19.4. The molecule has 83 valence electrons. The van der Waals surface area contributed by atoms with Gasteiger partial charge in [-0.05, 0) is 23.6 Å². The van der Waals surface area contributed by atoms with Crippen molar-refractivity contribution in [2.45, 2.75) is 25.9 Å². The lowest BCUT2D eigenvalue weighted by molar-refractivity contribution is -0.153. The molecule has 0 aromatic heterocycles. The topological polar surface area (TPSA) is 9.23 Å². The monoisotopic (exact) mass is 217 g/mol. The van der Waals surface area contributed by atoms with Crippen LogP contribution in [-0.4, -0.2) is 12.8 Å². The fourth-order valence-electron chi connectivity index (χ4n) is 1.03. The standard InChI is InChI=1S/C11H12F3O/c1-8(2)9-3-5-10(6-4-9)15-7-11(12,13)14/h3-5,8H,7H2,1-2H3. The van der Waals surface area contributed by atoms with Crippen LogP contribution in [0.5, 0.6) is 5.75 Å². The van der Waals surface area contributed by atoms with Gasteiger partial charge in [0.25, 0.3) is 0 Å². The molecule has 0 fully saturated rings. The van der Waals surface area contributed by atoms with Crippen molar-refractivity contribution in [2.75, 3.05) is 6.61 Å². The third-order valence-electron chi connectivity index (χ3n) is 1.87. The molecule has 4 heteroatoms. The van der Waals surface area contributed by atoms with Gasteiger partial charge in [-0.1, -0.05) is 19.9 Å². The molecule has 0 spiro atoms. The van der Waals surface area contributed by atoms with Crippen molar-refractivity contribution in [2.24, 2.45) is 0 Å². The first-order chi connectivity index (χ1) is 6.88. The van der Waals surface area contributed by atoms with Gasteiger partial charge in [-0.25, -0.2) is 0 Å². The van der Waals surface area contributed by atoms with E-state index in [0.29, 0.717) is 5.92 Å². The maximum atomic E-state index is 11.8. The number of benzene rings is 1. The minimum atomic E-state index is -4.30. The van der Waals surface area contributed by atoms with Gasteiger partial charge in [-0.3, -0.25) is 0 Å². The lowest BCUT2D eigenvalue weighted by Crippen LogP contribution is -2.19. The second kappa shape index (κ2) is 4.55. The molecule has 15 heavy (non-hydrogen) atoms. The van der Waals surface area contributed by atoms with Crippen molar-refractivity contribution in [3.05, 3.63) is 29.8 Å². The number of alkyl halides is 3. The van der Waals surface area contributed by atoms with Crippen LogP contribution >= 0.6 is 0 Å². The highest BCUT2D eigenvalue weighted by Gasteiger charge is 2.28. The molecule has 0 N–H and O–H groups in total. The lowest BCUT2D eigenvalue weighted by Gasteiger charge is -2.10. The van der Waals surface area contributed by atoms with Gasteiger partial charge in [0.15, 0.2) is 6.61 Å². The Hall–Kier alpha value is -1.19. The summed E-state index contributed by atoms with van der Waals surface area (Å²) in [5.74, 6) is 0.453. The molecule has 1 aromatic rings. The van der Waals surface area contributed by atoms with Gasteiger partial charge in [-0.2, -0.15) is 13.2 Å². The molecule has 0 heterocycles. The van der Waals surface area contributed by atoms with Gasteiger partial charge >= 0.3 is 6.18 Å². The molecule has 1 nitrogen and oxygen atoms in total. The largest absolute Gasteiger partial charge is 0.483 e. The summed E-state index contributed by atoms with van der Waals surface area (Å²) in [5.41, 5.74) is 1.02. The van der Waals surface area contributed by atoms with E-state index in [2.05, 4.69) is 10.8 Å². The molecule has 0 saturated carbocycles. The lowest BCUT2D eigenvalue weighted by atomic mass is 10.0. The zero-order chi connectivity index (χ0) is 11.5. The van der Waals surface area contributed by atoms with Crippen molar-refractivity contribution >= 4 is 0 Å². The first-order valence-electron chi connectivity index (χ1n) is 4.59. The zero-order valence-electron chi connectivity index (χ0n) is 8.56. The molecule has 0 unspecified atom stereocenters. The van der Waals surface area contributed by atoms with E-state index in [9.17, 15) is 13.2 Å². The zero-order valence-corrected chi connectivity index (χ0v) is 8.56. The SMILES string of the molecule is CC(C)c1c[c]c(OCC(F)(F)F)cc1. The highest BCUT2D eigenvalue weighted by molar-refractivity contribution is 5.27. The van der Waals surface area contributed by atoms with Crippen molar-refractivity contribution in [1.29, 1.82) is 0 Å². The third kappa shape index (κ3) is 4.23. The van der Waals surface area contributed by atoms with Crippen molar-refractivity contribution in [3.63, 3.8) is 0 Å². The molecule has 0 aliphatic carbocycles. The van der Waals surface area contributed by atoms with Crippen LogP contribution in [0, 0.1) is 6.07 Å². The fraction of sp³-hybridized carbons (Fsp3) is 0.455. The molecule has 0 aliphatic heterocycles. The number of hydrogen-bond acceptors (Lipinski definition) is 1. The number of halogens is 3. The first kappa shape index (κ1) is 11.9. The molecule has 0 aliphatic rings. The molecule has 1 radical (unpaired) electrons. The molecular weight excluding hydrogens is 205 g/mol. The predicted molar refractivity (Wildman–Crippen MR) is 50.9 cm³/mol. The summed E-state index contributed by atoms with van der Waals surface area (Å²) < 4.78 is 40.0. The third-order valence-corrected chi connectivity index (χ3v) is 1.87. The van der Waals surface area contributed by atoms with Crippen LogP contribution in [0.15, 0.2) is 18.2 Å². The molecule has 0 saturated heterocycles. The van der Waals surface area contributed by atoms with Crippen molar-refractivity contribution < 1.29 is 17.9 Å². The van der Waals surface area contributed by atoms with Crippen LogP contribution in [0.2, 0.25) is 0 Å². The summed E-state index contributed by atoms with van der Waals surface area (Å²) >= 11 is 0. The Balaban J connectivity index is 2.57. The van der Waals surface area contributed by atoms with Crippen LogP contribution in [-0.2, 0) is 0 Å². The molecule has 0 bridgehead atoms. The number of ether oxygens (including phenoxy) is 1. The average molecular weight is 217 g/mol. The van der Waals surface area contributed by atoms with Gasteiger partial charge in [0, 0.05) is 6.07 Å². The summed E-state index contributed by atoms with van der Waals surface area (Å²) in [6.07, 6.45) is -4.30. The highest BCUT2D eigenvalue weighted by Crippen LogP contribution is 2.20. The molecule has 1 rings (SSSR count). The van der Waals surface area contributed by atoms with E-state index in [1.807, 2.05) is 13.8 Å².